The number of hydrogen-bond acceptors (Lipinski definition) is 2. The molecule has 2 heteroatoms. The molecule has 20 heavy (non-hydrogen) atoms. The molecule has 0 aromatic heterocycles. The number of hydrogen-bond donors (Lipinski definition) is 0. The largest absolute Gasteiger partial charge is 0.0895 e. The molecule has 0 nitrogen and oxygen atoms in total. The number of thioether (sulfide) groups is 2. The molecule has 0 unspecified atom stereocenters. The first-order valence-electron chi connectivity index (χ1n) is 6.61. The lowest BCUT2D eigenvalue weighted by atomic mass is 10.1. The average molecular weight is 296 g/mol. The molecule has 0 radical (unpaired) electrons. The maximum atomic E-state index is 2.26. The molecule has 3 rings (SSSR count). The minimum absolute atomic E-state index is 1.27. The second-order valence-electron chi connectivity index (χ2n) is 4.94. The summed E-state index contributed by atoms with van der Waals surface area (Å²) in [5, 5.41) is 2.25. The van der Waals surface area contributed by atoms with E-state index in [1.165, 1.54) is 31.4 Å². The van der Waals surface area contributed by atoms with Crippen LogP contribution in [0.4, 0.5) is 0 Å². The van der Waals surface area contributed by atoms with E-state index in [-0.39, 0.29) is 0 Å². The minimum Gasteiger partial charge on any atom is -0.0895 e. The molecule has 0 fully saturated rings. The SMILES string of the molecule is Cc1ccc(C=C2SC=C(c3ccc(C)cc3)S2)cc1. The molecule has 2 aromatic carbocycles. The second-order valence-corrected chi connectivity index (χ2v) is 7.20. The van der Waals surface area contributed by atoms with E-state index in [2.05, 4.69) is 73.9 Å². The fourth-order valence-corrected chi connectivity index (χ4v) is 4.15. The summed E-state index contributed by atoms with van der Waals surface area (Å²) in [4.78, 5) is 1.34. The van der Waals surface area contributed by atoms with E-state index in [1.807, 2.05) is 23.5 Å². The van der Waals surface area contributed by atoms with Crippen molar-refractivity contribution >= 4 is 34.5 Å². The Balaban J connectivity index is 1.75. The zero-order valence-corrected chi connectivity index (χ0v) is 13.2. The van der Waals surface area contributed by atoms with Gasteiger partial charge < -0.3 is 0 Å². The fraction of sp³-hybridized carbons (Fsp3) is 0.111. The molecule has 0 saturated carbocycles. The first kappa shape index (κ1) is 13.6. The van der Waals surface area contributed by atoms with Crippen molar-refractivity contribution in [2.75, 3.05) is 0 Å². The zero-order chi connectivity index (χ0) is 13.9. The molecule has 0 aliphatic carbocycles. The molecule has 1 aliphatic rings. The van der Waals surface area contributed by atoms with Gasteiger partial charge in [0, 0.05) is 9.14 Å². The van der Waals surface area contributed by atoms with E-state index in [4.69, 9.17) is 0 Å². The van der Waals surface area contributed by atoms with Crippen LogP contribution in [0.2, 0.25) is 0 Å². The number of benzene rings is 2. The smallest absolute Gasteiger partial charge is 0.0499 e. The van der Waals surface area contributed by atoms with E-state index >= 15 is 0 Å². The number of rotatable bonds is 2. The third-order valence-corrected chi connectivity index (χ3v) is 5.47. The van der Waals surface area contributed by atoms with Crippen molar-refractivity contribution in [3.8, 4) is 0 Å². The molecule has 0 spiro atoms. The van der Waals surface area contributed by atoms with Crippen LogP contribution in [0.15, 0.2) is 58.2 Å². The van der Waals surface area contributed by atoms with Gasteiger partial charge in [0.2, 0.25) is 0 Å². The standard InChI is InChI=1S/C18H16S2/c1-13-3-7-15(8-4-13)11-18-19-12-17(20-18)16-9-5-14(2)6-10-16/h3-12H,1-2H3. The molecule has 2 aromatic rings. The van der Waals surface area contributed by atoms with Crippen LogP contribution in [0.25, 0.3) is 11.0 Å². The third-order valence-electron chi connectivity index (χ3n) is 3.19. The average Bonchev–Trinajstić information content (AvgIpc) is 2.91. The lowest BCUT2D eigenvalue weighted by molar-refractivity contribution is 1.46. The minimum atomic E-state index is 1.27. The van der Waals surface area contributed by atoms with Gasteiger partial charge in [-0.1, -0.05) is 83.2 Å². The fourth-order valence-electron chi connectivity index (χ4n) is 1.98. The zero-order valence-electron chi connectivity index (χ0n) is 11.6. The predicted octanol–water partition coefficient (Wildman–Crippen LogP) is 6.08. The molecular formula is C18H16S2. The molecule has 0 bridgehead atoms. The summed E-state index contributed by atoms with van der Waals surface area (Å²) in [5.74, 6) is 0. The first-order chi connectivity index (χ1) is 9.70. The van der Waals surface area contributed by atoms with Gasteiger partial charge in [-0.3, -0.25) is 0 Å². The van der Waals surface area contributed by atoms with Crippen LogP contribution in [0.1, 0.15) is 22.3 Å². The summed E-state index contributed by atoms with van der Waals surface area (Å²) in [5.41, 5.74) is 5.18. The van der Waals surface area contributed by atoms with Crippen LogP contribution in [-0.2, 0) is 0 Å². The highest BCUT2D eigenvalue weighted by atomic mass is 32.2. The van der Waals surface area contributed by atoms with Gasteiger partial charge in [-0.15, -0.1) is 0 Å². The molecule has 0 atom stereocenters. The van der Waals surface area contributed by atoms with Crippen LogP contribution >= 0.6 is 23.5 Å². The van der Waals surface area contributed by atoms with Crippen molar-refractivity contribution in [3.63, 3.8) is 0 Å². The Kier molecular flexibility index (Phi) is 4.04. The molecule has 0 amide bonds. The van der Waals surface area contributed by atoms with Gasteiger partial charge in [-0.05, 0) is 36.5 Å². The lowest BCUT2D eigenvalue weighted by Crippen LogP contribution is -1.78. The Hall–Kier alpha value is -1.38. The van der Waals surface area contributed by atoms with Crippen molar-refractivity contribution in [1.29, 1.82) is 0 Å². The Labute approximate surface area is 129 Å². The van der Waals surface area contributed by atoms with Crippen molar-refractivity contribution in [1.82, 2.24) is 0 Å². The summed E-state index contributed by atoms with van der Waals surface area (Å²) in [6, 6.07) is 17.4. The highest BCUT2D eigenvalue weighted by Crippen LogP contribution is 2.49. The Morgan fingerprint density at radius 3 is 2.05 bits per heavy atom. The molecule has 1 heterocycles. The van der Waals surface area contributed by atoms with E-state index in [1.54, 1.807) is 0 Å². The summed E-state index contributed by atoms with van der Waals surface area (Å²) in [6.45, 7) is 4.24. The van der Waals surface area contributed by atoms with Crippen molar-refractivity contribution in [2.24, 2.45) is 0 Å². The number of aryl methyl sites for hydroxylation is 2. The van der Waals surface area contributed by atoms with Gasteiger partial charge >= 0.3 is 0 Å². The maximum absolute atomic E-state index is 2.26. The molecule has 0 saturated heterocycles. The Morgan fingerprint density at radius 1 is 0.800 bits per heavy atom. The maximum Gasteiger partial charge on any atom is 0.0499 e. The van der Waals surface area contributed by atoms with Gasteiger partial charge in [-0.2, -0.15) is 0 Å². The third kappa shape index (κ3) is 3.20. The Bertz CT molecular complexity index is 662. The van der Waals surface area contributed by atoms with Gasteiger partial charge in [0.25, 0.3) is 0 Å². The monoisotopic (exact) mass is 296 g/mol. The summed E-state index contributed by atoms with van der Waals surface area (Å²) in [7, 11) is 0. The van der Waals surface area contributed by atoms with E-state index in [9.17, 15) is 0 Å². The summed E-state index contributed by atoms with van der Waals surface area (Å²) >= 11 is 3.66. The van der Waals surface area contributed by atoms with Crippen LogP contribution < -0.4 is 0 Å². The molecule has 100 valence electrons. The van der Waals surface area contributed by atoms with E-state index in [0.29, 0.717) is 0 Å². The Morgan fingerprint density at radius 2 is 1.40 bits per heavy atom. The van der Waals surface area contributed by atoms with Crippen molar-refractivity contribution < 1.29 is 0 Å². The quantitative estimate of drug-likeness (QED) is 0.658. The van der Waals surface area contributed by atoms with Crippen LogP contribution in [0, 0.1) is 13.8 Å². The second kappa shape index (κ2) is 5.94. The lowest BCUT2D eigenvalue weighted by Gasteiger charge is -2.02. The van der Waals surface area contributed by atoms with Crippen molar-refractivity contribution in [2.45, 2.75) is 13.8 Å². The molecular weight excluding hydrogens is 280 g/mol. The van der Waals surface area contributed by atoms with Gasteiger partial charge in [0.1, 0.15) is 0 Å². The normalized spacial score (nSPS) is 16.5. The van der Waals surface area contributed by atoms with Crippen LogP contribution in [0.3, 0.4) is 0 Å². The van der Waals surface area contributed by atoms with Crippen LogP contribution in [0.5, 0.6) is 0 Å². The van der Waals surface area contributed by atoms with E-state index < -0.39 is 0 Å². The van der Waals surface area contributed by atoms with Gasteiger partial charge in [0.15, 0.2) is 0 Å². The predicted molar refractivity (Wildman–Crippen MR) is 93.5 cm³/mol. The highest BCUT2D eigenvalue weighted by molar-refractivity contribution is 8.31. The van der Waals surface area contributed by atoms with Crippen LogP contribution in [-0.4, -0.2) is 0 Å². The van der Waals surface area contributed by atoms with Crippen molar-refractivity contribution in [3.05, 3.63) is 80.4 Å². The van der Waals surface area contributed by atoms with E-state index in [0.717, 1.165) is 0 Å². The first-order valence-corrected chi connectivity index (χ1v) is 8.30. The topological polar surface area (TPSA) is 0 Å². The summed E-state index contributed by atoms with van der Waals surface area (Å²) in [6.07, 6.45) is 2.26. The van der Waals surface area contributed by atoms with Gasteiger partial charge in [0.05, 0.1) is 0 Å². The highest BCUT2D eigenvalue weighted by Gasteiger charge is 2.13. The molecule has 1 aliphatic heterocycles. The molecule has 0 N–H and O–H groups in total. The summed E-state index contributed by atoms with van der Waals surface area (Å²) < 4.78 is 1.34. The van der Waals surface area contributed by atoms with Gasteiger partial charge in [-0.25, -0.2) is 0 Å².